The quantitative estimate of drug-likeness (QED) is 0.731. The highest BCUT2D eigenvalue weighted by molar-refractivity contribution is 6.31. The lowest BCUT2D eigenvalue weighted by Crippen LogP contribution is -2.23. The number of carbonyl (C=O) groups excluding carboxylic acids is 1. The summed E-state index contributed by atoms with van der Waals surface area (Å²) in [5.41, 5.74) is 2.64. The summed E-state index contributed by atoms with van der Waals surface area (Å²) >= 11 is 6.12. The van der Waals surface area contributed by atoms with Gasteiger partial charge in [0, 0.05) is 18.8 Å². The van der Waals surface area contributed by atoms with Gasteiger partial charge in [0.25, 0.3) is 0 Å². The summed E-state index contributed by atoms with van der Waals surface area (Å²) in [4.78, 5) is 16.1. The largest absolute Gasteiger partial charge is 0.352 e. The number of nitrogens with one attached hydrogen (secondary N) is 1. The summed E-state index contributed by atoms with van der Waals surface area (Å²) < 4.78 is 1.84. The second-order valence-electron chi connectivity index (χ2n) is 5.08. The van der Waals surface area contributed by atoms with Gasteiger partial charge >= 0.3 is 0 Å². The Hall–Kier alpha value is -2.59. The summed E-state index contributed by atoms with van der Waals surface area (Å²) in [5, 5.41) is 3.24. The Balaban J connectivity index is 1.60. The molecule has 116 valence electrons. The lowest BCUT2D eigenvalue weighted by atomic mass is 10.1. The fraction of sp³-hybridized carbons (Fsp3) is 0.111. The summed E-state index contributed by atoms with van der Waals surface area (Å²) in [5.74, 6) is -0.150. The van der Waals surface area contributed by atoms with E-state index in [-0.39, 0.29) is 5.91 Å². The van der Waals surface area contributed by atoms with Crippen molar-refractivity contribution in [2.24, 2.45) is 0 Å². The molecule has 0 atom stereocenters. The van der Waals surface area contributed by atoms with Gasteiger partial charge in [0.2, 0.25) is 5.91 Å². The van der Waals surface area contributed by atoms with Crippen LogP contribution in [0.1, 0.15) is 11.3 Å². The first-order chi connectivity index (χ1) is 11.2. The molecule has 1 amide bonds. The normalized spacial score (nSPS) is 11.2. The highest BCUT2D eigenvalue weighted by Gasteiger charge is 2.07. The molecule has 3 rings (SSSR count). The van der Waals surface area contributed by atoms with Crippen molar-refractivity contribution < 1.29 is 4.79 Å². The fourth-order valence-corrected chi connectivity index (χ4v) is 2.56. The van der Waals surface area contributed by atoms with Crippen molar-refractivity contribution in [1.82, 2.24) is 14.7 Å². The average molecular weight is 326 g/mol. The molecule has 0 saturated heterocycles. The van der Waals surface area contributed by atoms with E-state index in [1.807, 2.05) is 59.1 Å². The fourth-order valence-electron chi connectivity index (χ4n) is 2.32. The second kappa shape index (κ2) is 7.11. The van der Waals surface area contributed by atoms with Crippen LogP contribution < -0.4 is 5.32 Å². The zero-order valence-electron chi connectivity index (χ0n) is 12.4. The lowest BCUT2D eigenvalue weighted by Gasteiger charge is -2.02. The molecule has 0 radical (unpaired) electrons. The van der Waals surface area contributed by atoms with E-state index in [0.29, 0.717) is 17.4 Å². The van der Waals surface area contributed by atoms with Gasteiger partial charge in [0.05, 0.1) is 5.69 Å². The molecular formula is C18H16ClN3O. The Morgan fingerprint density at radius 2 is 1.96 bits per heavy atom. The van der Waals surface area contributed by atoms with E-state index in [9.17, 15) is 4.79 Å². The van der Waals surface area contributed by atoms with Crippen LogP contribution in [-0.2, 0) is 11.2 Å². The number of hydrogen-bond donors (Lipinski definition) is 1. The first kappa shape index (κ1) is 15.3. The van der Waals surface area contributed by atoms with Gasteiger partial charge in [0.1, 0.15) is 5.65 Å². The molecule has 3 aromatic rings. The minimum absolute atomic E-state index is 0.150. The smallest absolute Gasteiger partial charge is 0.244 e. The molecule has 0 aliphatic carbocycles. The number of hydrogen-bond acceptors (Lipinski definition) is 2. The zero-order chi connectivity index (χ0) is 16.1. The van der Waals surface area contributed by atoms with Crippen molar-refractivity contribution in [3.63, 3.8) is 0 Å². The van der Waals surface area contributed by atoms with Gasteiger partial charge < -0.3 is 5.32 Å². The number of rotatable bonds is 5. The van der Waals surface area contributed by atoms with Crippen LogP contribution in [0.2, 0.25) is 5.15 Å². The molecule has 5 heteroatoms. The molecule has 1 N–H and O–H groups in total. The van der Waals surface area contributed by atoms with E-state index < -0.39 is 0 Å². The van der Waals surface area contributed by atoms with Crippen LogP contribution in [0.25, 0.3) is 11.7 Å². The number of nitrogens with zero attached hydrogens (tertiary/aromatic N) is 2. The van der Waals surface area contributed by atoms with Crippen molar-refractivity contribution in [2.75, 3.05) is 6.54 Å². The van der Waals surface area contributed by atoms with Crippen LogP contribution in [0.4, 0.5) is 0 Å². The predicted octanol–water partition coefficient (Wildman–Crippen LogP) is 3.36. The number of pyridine rings is 1. The molecule has 0 unspecified atom stereocenters. The number of amides is 1. The van der Waals surface area contributed by atoms with E-state index in [4.69, 9.17) is 11.6 Å². The minimum atomic E-state index is -0.150. The summed E-state index contributed by atoms with van der Waals surface area (Å²) in [6.07, 6.45) is 5.82. The number of benzene rings is 1. The van der Waals surface area contributed by atoms with Crippen LogP contribution in [-0.4, -0.2) is 21.8 Å². The van der Waals surface area contributed by atoms with Gasteiger partial charge in [-0.25, -0.2) is 4.98 Å². The predicted molar refractivity (Wildman–Crippen MR) is 92.4 cm³/mol. The number of aromatic nitrogens is 2. The van der Waals surface area contributed by atoms with Crippen LogP contribution in [0.3, 0.4) is 0 Å². The molecule has 2 heterocycles. The van der Waals surface area contributed by atoms with E-state index in [1.165, 1.54) is 11.6 Å². The molecule has 23 heavy (non-hydrogen) atoms. The van der Waals surface area contributed by atoms with Gasteiger partial charge in [-0.05, 0) is 30.2 Å². The van der Waals surface area contributed by atoms with E-state index in [0.717, 1.165) is 12.1 Å². The molecule has 0 fully saturated rings. The Morgan fingerprint density at radius 3 is 2.78 bits per heavy atom. The van der Waals surface area contributed by atoms with Gasteiger partial charge in [0.15, 0.2) is 5.15 Å². The monoisotopic (exact) mass is 325 g/mol. The first-order valence-electron chi connectivity index (χ1n) is 7.36. The van der Waals surface area contributed by atoms with Crippen LogP contribution in [0.5, 0.6) is 0 Å². The average Bonchev–Trinajstić information content (AvgIpc) is 2.89. The van der Waals surface area contributed by atoms with Crippen LogP contribution in [0, 0.1) is 0 Å². The third-order valence-electron chi connectivity index (χ3n) is 3.47. The van der Waals surface area contributed by atoms with Crippen molar-refractivity contribution in [3.8, 4) is 0 Å². The van der Waals surface area contributed by atoms with Crippen LogP contribution in [0.15, 0.2) is 60.8 Å². The SMILES string of the molecule is O=C(C=Cc1c(Cl)nc2ccccn12)NCCc1ccccc1. The lowest BCUT2D eigenvalue weighted by molar-refractivity contribution is -0.116. The molecule has 0 spiro atoms. The summed E-state index contributed by atoms with van der Waals surface area (Å²) in [7, 11) is 0. The second-order valence-corrected chi connectivity index (χ2v) is 5.43. The Morgan fingerprint density at radius 1 is 1.17 bits per heavy atom. The maximum absolute atomic E-state index is 11.9. The number of imidazole rings is 1. The summed E-state index contributed by atoms with van der Waals surface area (Å²) in [6.45, 7) is 0.591. The Labute approximate surface area is 139 Å². The maximum Gasteiger partial charge on any atom is 0.244 e. The van der Waals surface area contributed by atoms with Crippen molar-refractivity contribution in [1.29, 1.82) is 0 Å². The highest BCUT2D eigenvalue weighted by Crippen LogP contribution is 2.18. The van der Waals surface area contributed by atoms with Crippen molar-refractivity contribution in [3.05, 3.63) is 77.2 Å². The zero-order valence-corrected chi connectivity index (χ0v) is 13.2. The van der Waals surface area contributed by atoms with E-state index >= 15 is 0 Å². The van der Waals surface area contributed by atoms with E-state index in [1.54, 1.807) is 6.08 Å². The topological polar surface area (TPSA) is 46.4 Å². The third kappa shape index (κ3) is 3.79. The minimum Gasteiger partial charge on any atom is -0.352 e. The van der Waals surface area contributed by atoms with Crippen molar-refractivity contribution in [2.45, 2.75) is 6.42 Å². The van der Waals surface area contributed by atoms with Crippen LogP contribution >= 0.6 is 11.6 Å². The number of carbonyl (C=O) groups is 1. The number of fused-ring (bicyclic) bond motifs is 1. The maximum atomic E-state index is 11.9. The third-order valence-corrected chi connectivity index (χ3v) is 3.75. The number of halogens is 1. The first-order valence-corrected chi connectivity index (χ1v) is 7.74. The molecule has 0 bridgehead atoms. The molecular weight excluding hydrogens is 310 g/mol. The highest BCUT2D eigenvalue weighted by atomic mass is 35.5. The standard InChI is InChI=1S/C18H16ClN3O/c19-18-15(22-13-5-4-8-16(22)21-18)9-10-17(23)20-12-11-14-6-2-1-3-7-14/h1-10,13H,11-12H2,(H,20,23). The Bertz CT molecular complexity index is 840. The van der Waals surface area contributed by atoms with E-state index in [2.05, 4.69) is 10.3 Å². The van der Waals surface area contributed by atoms with Gasteiger partial charge in [-0.2, -0.15) is 0 Å². The molecule has 1 aromatic carbocycles. The molecule has 2 aromatic heterocycles. The Kier molecular flexibility index (Phi) is 4.74. The molecule has 0 aliphatic rings. The molecule has 0 aliphatic heterocycles. The van der Waals surface area contributed by atoms with Gasteiger partial charge in [-0.15, -0.1) is 0 Å². The van der Waals surface area contributed by atoms with Crippen molar-refractivity contribution >= 4 is 29.2 Å². The summed E-state index contributed by atoms with van der Waals surface area (Å²) in [6, 6.07) is 15.7. The molecule has 0 saturated carbocycles. The molecule has 4 nitrogen and oxygen atoms in total. The van der Waals surface area contributed by atoms with Gasteiger partial charge in [-0.1, -0.05) is 48.0 Å². The van der Waals surface area contributed by atoms with Gasteiger partial charge in [-0.3, -0.25) is 9.20 Å².